The van der Waals surface area contributed by atoms with Crippen LogP contribution in [0.3, 0.4) is 0 Å². The number of para-hydroxylation sites is 1. The van der Waals surface area contributed by atoms with Crippen LogP contribution >= 0.6 is 11.6 Å². The molecule has 1 aliphatic carbocycles. The van der Waals surface area contributed by atoms with Gasteiger partial charge in [0.2, 0.25) is 5.91 Å². The zero-order valence-electron chi connectivity index (χ0n) is 21.7. The highest BCUT2D eigenvalue weighted by Gasteiger charge is 2.22. The van der Waals surface area contributed by atoms with Crippen molar-refractivity contribution in [1.29, 1.82) is 0 Å². The Balaban J connectivity index is 1.35. The minimum atomic E-state index is -0.0234. The second kappa shape index (κ2) is 11.7. The van der Waals surface area contributed by atoms with Gasteiger partial charge in [0.05, 0.1) is 31.1 Å². The molecule has 6 nitrogen and oxygen atoms in total. The van der Waals surface area contributed by atoms with Crippen molar-refractivity contribution < 1.29 is 14.3 Å². The third kappa shape index (κ3) is 5.86. The molecule has 1 aliphatic rings. The second-order valence-electron chi connectivity index (χ2n) is 9.68. The van der Waals surface area contributed by atoms with Crippen LogP contribution in [0.2, 0.25) is 5.02 Å². The van der Waals surface area contributed by atoms with Crippen LogP contribution in [0.25, 0.3) is 10.9 Å². The van der Waals surface area contributed by atoms with Crippen LogP contribution in [0, 0.1) is 5.92 Å². The van der Waals surface area contributed by atoms with Crippen LogP contribution in [0.5, 0.6) is 11.5 Å². The summed E-state index contributed by atoms with van der Waals surface area (Å²) in [5.41, 5.74) is 6.10. The van der Waals surface area contributed by atoms with Gasteiger partial charge in [-0.15, -0.1) is 0 Å². The van der Waals surface area contributed by atoms with Gasteiger partial charge in [-0.3, -0.25) is 9.78 Å². The first-order valence-electron chi connectivity index (χ1n) is 13.0. The van der Waals surface area contributed by atoms with Crippen LogP contribution < -0.4 is 20.1 Å². The van der Waals surface area contributed by atoms with Crippen molar-refractivity contribution in [3.05, 3.63) is 83.0 Å². The van der Waals surface area contributed by atoms with E-state index in [-0.39, 0.29) is 11.8 Å². The number of aryl methyl sites for hydroxylation is 1. The van der Waals surface area contributed by atoms with E-state index in [1.807, 2.05) is 30.3 Å². The van der Waals surface area contributed by atoms with Gasteiger partial charge >= 0.3 is 0 Å². The van der Waals surface area contributed by atoms with Crippen molar-refractivity contribution in [3.63, 3.8) is 0 Å². The van der Waals surface area contributed by atoms with Crippen LogP contribution in [0.1, 0.15) is 36.9 Å². The number of fused-ring (bicyclic) bond motifs is 2. The maximum absolute atomic E-state index is 12.9. The van der Waals surface area contributed by atoms with Gasteiger partial charge in [0.15, 0.2) is 0 Å². The lowest BCUT2D eigenvalue weighted by Gasteiger charge is -2.24. The minimum absolute atomic E-state index is 0.0234. The number of benzene rings is 3. The van der Waals surface area contributed by atoms with Crippen LogP contribution in [0.15, 0.2) is 66.7 Å². The number of hydrogen-bond donors (Lipinski definition) is 2. The molecule has 0 bridgehead atoms. The molecule has 0 spiro atoms. The van der Waals surface area contributed by atoms with Gasteiger partial charge in [-0.25, -0.2) is 0 Å². The highest BCUT2D eigenvalue weighted by atomic mass is 35.5. The van der Waals surface area contributed by atoms with E-state index in [0.29, 0.717) is 22.9 Å². The first kappa shape index (κ1) is 25.9. The van der Waals surface area contributed by atoms with Crippen molar-refractivity contribution in [3.8, 4) is 11.5 Å². The summed E-state index contributed by atoms with van der Waals surface area (Å²) in [6.07, 6.45) is 5.06. The first-order chi connectivity index (χ1) is 18.5. The Morgan fingerprint density at radius 2 is 1.82 bits per heavy atom. The normalized spacial score (nSPS) is 15.2. The number of carbonyl (C=O) groups is 1. The number of amides is 1. The SMILES string of the molecule is COc1ccc(Nc2c3c(nc4ccccc24)CCC(CC(=O)Nc2cc(Cl)ccc2OC)CCC3)cc1. The molecule has 0 fully saturated rings. The Morgan fingerprint density at radius 1 is 1.00 bits per heavy atom. The largest absolute Gasteiger partial charge is 0.497 e. The number of anilines is 3. The van der Waals surface area contributed by atoms with E-state index < -0.39 is 0 Å². The minimum Gasteiger partial charge on any atom is -0.497 e. The van der Waals surface area contributed by atoms with Gasteiger partial charge < -0.3 is 20.1 Å². The van der Waals surface area contributed by atoms with Crippen molar-refractivity contribution in [2.75, 3.05) is 24.9 Å². The summed E-state index contributed by atoms with van der Waals surface area (Å²) in [6, 6.07) is 21.5. The van der Waals surface area contributed by atoms with E-state index in [0.717, 1.165) is 65.8 Å². The zero-order valence-corrected chi connectivity index (χ0v) is 22.5. The van der Waals surface area contributed by atoms with Crippen molar-refractivity contribution in [2.45, 2.75) is 38.5 Å². The molecule has 1 atom stereocenters. The van der Waals surface area contributed by atoms with Crippen molar-refractivity contribution in [1.82, 2.24) is 4.98 Å². The second-order valence-corrected chi connectivity index (χ2v) is 10.1. The number of pyridine rings is 1. The molecule has 196 valence electrons. The molecule has 7 heteroatoms. The predicted octanol–water partition coefficient (Wildman–Crippen LogP) is 7.56. The lowest BCUT2D eigenvalue weighted by molar-refractivity contribution is -0.117. The number of rotatable bonds is 7. The van der Waals surface area contributed by atoms with Gasteiger partial charge in [0, 0.05) is 28.2 Å². The summed E-state index contributed by atoms with van der Waals surface area (Å²) in [6.45, 7) is 0. The fourth-order valence-corrected chi connectivity index (χ4v) is 5.41. The van der Waals surface area contributed by atoms with Gasteiger partial charge in [0.1, 0.15) is 11.5 Å². The molecule has 5 rings (SSSR count). The third-order valence-electron chi connectivity index (χ3n) is 7.18. The van der Waals surface area contributed by atoms with Crippen LogP contribution in [-0.2, 0) is 17.6 Å². The Hall–Kier alpha value is -3.77. The van der Waals surface area contributed by atoms with E-state index in [1.54, 1.807) is 32.4 Å². The van der Waals surface area contributed by atoms with Gasteiger partial charge in [-0.1, -0.05) is 29.8 Å². The van der Waals surface area contributed by atoms with E-state index in [1.165, 1.54) is 5.56 Å². The Morgan fingerprint density at radius 3 is 2.61 bits per heavy atom. The molecule has 1 amide bonds. The standard InChI is InChI=1S/C31H32ClN3O3/c1-37-23-14-12-22(13-15-23)33-31-24-7-3-4-9-26(24)34-27-16-10-20(6-5-8-25(27)31)18-30(36)35-28-19-21(32)11-17-29(28)38-2/h3-4,7,9,11-15,17,19-20H,5-6,8,10,16,18H2,1-2H3,(H,33,34)(H,35,36). The lowest BCUT2D eigenvalue weighted by Crippen LogP contribution is -2.19. The number of carbonyl (C=O) groups excluding carboxylic acids is 1. The van der Waals surface area contributed by atoms with Gasteiger partial charge in [-0.2, -0.15) is 0 Å². The number of nitrogens with zero attached hydrogens (tertiary/aromatic N) is 1. The first-order valence-corrected chi connectivity index (χ1v) is 13.4. The highest BCUT2D eigenvalue weighted by Crippen LogP contribution is 2.36. The molecule has 3 aromatic carbocycles. The average molecular weight is 530 g/mol. The smallest absolute Gasteiger partial charge is 0.224 e. The zero-order chi connectivity index (χ0) is 26.5. The molecular weight excluding hydrogens is 498 g/mol. The number of methoxy groups -OCH3 is 2. The van der Waals surface area contributed by atoms with Crippen molar-refractivity contribution >= 4 is 45.5 Å². The molecule has 0 radical (unpaired) electrons. The monoisotopic (exact) mass is 529 g/mol. The Labute approximate surface area is 228 Å². The summed E-state index contributed by atoms with van der Waals surface area (Å²) < 4.78 is 10.7. The topological polar surface area (TPSA) is 72.5 Å². The predicted molar refractivity (Wildman–Crippen MR) is 154 cm³/mol. The van der Waals surface area contributed by atoms with E-state index >= 15 is 0 Å². The maximum atomic E-state index is 12.9. The number of ether oxygens (including phenoxy) is 2. The number of aromatic nitrogens is 1. The average Bonchev–Trinajstić information content (AvgIpc) is 2.92. The number of nitrogens with one attached hydrogen (secondary N) is 2. The highest BCUT2D eigenvalue weighted by molar-refractivity contribution is 6.31. The molecule has 1 unspecified atom stereocenters. The molecular formula is C31H32ClN3O3. The molecule has 0 saturated carbocycles. The summed E-state index contributed by atoms with van der Waals surface area (Å²) >= 11 is 6.13. The summed E-state index contributed by atoms with van der Waals surface area (Å²) in [5, 5.41) is 8.34. The molecule has 4 aromatic rings. The summed E-state index contributed by atoms with van der Waals surface area (Å²) in [5.74, 6) is 1.68. The summed E-state index contributed by atoms with van der Waals surface area (Å²) in [4.78, 5) is 18.0. The third-order valence-corrected chi connectivity index (χ3v) is 7.41. The number of hydrogen-bond acceptors (Lipinski definition) is 5. The Kier molecular flexibility index (Phi) is 7.99. The molecule has 0 aliphatic heterocycles. The molecule has 1 heterocycles. The fraction of sp³-hybridized carbons (Fsp3) is 0.290. The molecule has 0 saturated heterocycles. The van der Waals surface area contributed by atoms with Gasteiger partial charge in [-0.05, 0) is 92.1 Å². The van der Waals surface area contributed by atoms with Crippen LogP contribution in [0.4, 0.5) is 17.1 Å². The molecule has 2 N–H and O–H groups in total. The fourth-order valence-electron chi connectivity index (χ4n) is 5.24. The number of halogens is 1. The summed E-state index contributed by atoms with van der Waals surface area (Å²) in [7, 11) is 3.26. The van der Waals surface area contributed by atoms with Crippen LogP contribution in [-0.4, -0.2) is 25.1 Å². The van der Waals surface area contributed by atoms with Gasteiger partial charge in [0.25, 0.3) is 0 Å². The quantitative estimate of drug-likeness (QED) is 0.258. The van der Waals surface area contributed by atoms with E-state index in [2.05, 4.69) is 28.8 Å². The van der Waals surface area contributed by atoms with E-state index in [4.69, 9.17) is 26.1 Å². The van der Waals surface area contributed by atoms with E-state index in [9.17, 15) is 4.79 Å². The Bertz CT molecular complexity index is 1440. The van der Waals surface area contributed by atoms with Crippen molar-refractivity contribution in [2.24, 2.45) is 5.92 Å². The lowest BCUT2D eigenvalue weighted by atomic mass is 9.86. The maximum Gasteiger partial charge on any atom is 0.224 e. The molecule has 1 aromatic heterocycles. The molecule has 38 heavy (non-hydrogen) atoms.